The summed E-state index contributed by atoms with van der Waals surface area (Å²) in [5.41, 5.74) is 3.99. The van der Waals surface area contributed by atoms with Gasteiger partial charge in [0.15, 0.2) is 11.2 Å². The quantitative estimate of drug-likeness (QED) is 0.615. The highest BCUT2D eigenvalue weighted by Crippen LogP contribution is 2.45. The summed E-state index contributed by atoms with van der Waals surface area (Å²) >= 11 is 0. The van der Waals surface area contributed by atoms with E-state index in [2.05, 4.69) is 24.5 Å². The van der Waals surface area contributed by atoms with Crippen LogP contribution in [0.3, 0.4) is 0 Å². The molecule has 1 aromatic heterocycles. The van der Waals surface area contributed by atoms with E-state index in [4.69, 9.17) is 4.42 Å². The monoisotopic (exact) mass is 386 g/mol. The molecule has 2 N–H and O–H groups in total. The fourth-order valence-electron chi connectivity index (χ4n) is 4.41. The van der Waals surface area contributed by atoms with Crippen LogP contribution in [0, 0.1) is 5.41 Å². The van der Waals surface area contributed by atoms with Crippen LogP contribution >= 0.6 is 0 Å². The van der Waals surface area contributed by atoms with E-state index >= 15 is 0 Å². The number of Topliss-reactive ketones (excluding diaryl/α,β-unsaturated/α-hetero) is 1. The lowest BCUT2D eigenvalue weighted by Crippen LogP contribution is -2.33. The van der Waals surface area contributed by atoms with Crippen LogP contribution in [0.1, 0.15) is 38.3 Å². The minimum absolute atomic E-state index is 0.0571. The van der Waals surface area contributed by atoms with Gasteiger partial charge in [0.05, 0.1) is 28.4 Å². The maximum atomic E-state index is 13.3. The third kappa shape index (κ3) is 2.94. The second kappa shape index (κ2) is 6.34. The fraction of sp³-hybridized carbons (Fsp3) is 0.250. The highest BCUT2D eigenvalue weighted by Gasteiger charge is 2.39. The average molecular weight is 386 g/mol. The fourth-order valence-corrected chi connectivity index (χ4v) is 4.41. The number of para-hydroxylation sites is 3. The van der Waals surface area contributed by atoms with Crippen LogP contribution in [0.5, 0.6) is 0 Å². The van der Waals surface area contributed by atoms with E-state index in [9.17, 15) is 9.59 Å². The van der Waals surface area contributed by atoms with E-state index in [1.165, 1.54) is 6.26 Å². The van der Waals surface area contributed by atoms with Crippen molar-refractivity contribution in [3.8, 4) is 0 Å². The van der Waals surface area contributed by atoms with Crippen LogP contribution in [0.2, 0.25) is 0 Å². The second-order valence-electron chi connectivity index (χ2n) is 8.60. The Bertz CT molecular complexity index is 1240. The summed E-state index contributed by atoms with van der Waals surface area (Å²) in [6.45, 7) is 4.19. The van der Waals surface area contributed by atoms with Gasteiger partial charge in [-0.3, -0.25) is 9.59 Å². The Morgan fingerprint density at radius 2 is 1.69 bits per heavy atom. The molecule has 0 saturated heterocycles. The lowest BCUT2D eigenvalue weighted by Gasteiger charge is -2.33. The second-order valence-corrected chi connectivity index (χ2v) is 8.60. The van der Waals surface area contributed by atoms with Crippen molar-refractivity contribution in [2.75, 3.05) is 10.6 Å². The number of benzene rings is 2. The number of nitrogens with one attached hydrogen (secondary N) is 2. The summed E-state index contributed by atoms with van der Waals surface area (Å²) in [5, 5.41) is 7.42. The van der Waals surface area contributed by atoms with Gasteiger partial charge in [-0.2, -0.15) is 0 Å². The van der Waals surface area contributed by atoms with E-state index in [1.54, 1.807) is 12.1 Å². The summed E-state index contributed by atoms with van der Waals surface area (Å²) in [6.07, 6.45) is 2.67. The molecule has 2 aliphatic rings. The van der Waals surface area contributed by atoms with Crippen molar-refractivity contribution < 1.29 is 9.21 Å². The first-order valence-electron chi connectivity index (χ1n) is 9.82. The molecule has 2 aromatic carbocycles. The van der Waals surface area contributed by atoms with E-state index in [-0.39, 0.29) is 16.6 Å². The summed E-state index contributed by atoms with van der Waals surface area (Å²) in [4.78, 5) is 26.5. The lowest BCUT2D eigenvalue weighted by atomic mass is 9.73. The smallest absolute Gasteiger partial charge is 0.198 e. The van der Waals surface area contributed by atoms with Crippen LogP contribution in [0.25, 0.3) is 11.0 Å². The zero-order chi connectivity index (χ0) is 20.2. The lowest BCUT2D eigenvalue weighted by molar-refractivity contribution is -0.118. The van der Waals surface area contributed by atoms with Gasteiger partial charge in [0.2, 0.25) is 0 Å². The van der Waals surface area contributed by atoms with E-state index in [0.29, 0.717) is 28.5 Å². The van der Waals surface area contributed by atoms with Crippen molar-refractivity contribution in [3.63, 3.8) is 0 Å². The van der Waals surface area contributed by atoms with Crippen molar-refractivity contribution in [2.24, 2.45) is 5.41 Å². The molecule has 0 bridgehead atoms. The van der Waals surface area contributed by atoms with Crippen LogP contribution in [0.15, 0.2) is 75.3 Å². The molecule has 0 radical (unpaired) electrons. The van der Waals surface area contributed by atoms with Gasteiger partial charge in [0.25, 0.3) is 0 Å². The maximum absolute atomic E-state index is 13.3. The summed E-state index contributed by atoms with van der Waals surface area (Å²) in [7, 11) is 0. The van der Waals surface area contributed by atoms with E-state index in [0.717, 1.165) is 23.5 Å². The van der Waals surface area contributed by atoms with Crippen molar-refractivity contribution in [1.82, 2.24) is 0 Å². The summed E-state index contributed by atoms with van der Waals surface area (Å²) in [5.74, 6) is 0.0571. The molecule has 2 heterocycles. The van der Waals surface area contributed by atoms with Gasteiger partial charge in [-0.05, 0) is 36.1 Å². The zero-order valence-electron chi connectivity index (χ0n) is 16.4. The molecule has 0 saturated carbocycles. The Hall–Kier alpha value is -3.34. The van der Waals surface area contributed by atoms with Gasteiger partial charge in [-0.1, -0.05) is 38.1 Å². The Morgan fingerprint density at radius 3 is 2.52 bits per heavy atom. The maximum Gasteiger partial charge on any atom is 0.198 e. The van der Waals surface area contributed by atoms with E-state index < -0.39 is 6.04 Å². The molecule has 5 rings (SSSR count). The van der Waals surface area contributed by atoms with E-state index in [1.807, 2.05) is 36.4 Å². The number of carbonyl (C=O) groups excluding carboxylic acids is 1. The molecule has 146 valence electrons. The van der Waals surface area contributed by atoms with Crippen LogP contribution in [0.4, 0.5) is 11.4 Å². The molecule has 3 aromatic rings. The number of anilines is 2. The molecule has 29 heavy (non-hydrogen) atoms. The Labute approximate surface area is 168 Å². The number of ketones is 1. The van der Waals surface area contributed by atoms with Gasteiger partial charge in [0, 0.05) is 17.7 Å². The summed E-state index contributed by atoms with van der Waals surface area (Å²) in [6, 6.07) is 14.4. The Kier molecular flexibility index (Phi) is 3.88. The highest BCUT2D eigenvalue weighted by molar-refractivity contribution is 6.01. The van der Waals surface area contributed by atoms with Crippen LogP contribution in [-0.2, 0) is 4.79 Å². The molecule has 1 aliphatic heterocycles. The first-order chi connectivity index (χ1) is 13.9. The molecule has 0 unspecified atom stereocenters. The van der Waals surface area contributed by atoms with Crippen molar-refractivity contribution >= 4 is 28.1 Å². The summed E-state index contributed by atoms with van der Waals surface area (Å²) < 4.78 is 5.77. The minimum Gasteiger partial charge on any atom is -0.464 e. The predicted molar refractivity (Wildman–Crippen MR) is 114 cm³/mol. The number of rotatable bonds is 1. The Morgan fingerprint density at radius 1 is 0.966 bits per heavy atom. The number of hydrogen-bond donors (Lipinski definition) is 2. The van der Waals surface area contributed by atoms with Gasteiger partial charge in [-0.15, -0.1) is 0 Å². The molecule has 0 amide bonds. The largest absolute Gasteiger partial charge is 0.464 e. The molecular weight excluding hydrogens is 364 g/mol. The molecule has 1 atom stereocenters. The zero-order valence-corrected chi connectivity index (χ0v) is 16.4. The SMILES string of the molecule is CC1(C)CC(=O)C2=C(C1)Nc1ccccc1N[C@H]2c1coc2ccccc2c1=O. The molecule has 5 heteroatoms. The topological polar surface area (TPSA) is 71.3 Å². The number of carbonyl (C=O) groups is 1. The molecule has 1 aliphatic carbocycles. The molecule has 0 fully saturated rings. The van der Waals surface area contributed by atoms with Crippen molar-refractivity contribution in [2.45, 2.75) is 32.7 Å². The van der Waals surface area contributed by atoms with Crippen molar-refractivity contribution in [1.29, 1.82) is 0 Å². The minimum atomic E-state index is -0.564. The number of allylic oxidation sites excluding steroid dienone is 1. The van der Waals surface area contributed by atoms with Gasteiger partial charge in [0.1, 0.15) is 11.8 Å². The molecule has 5 nitrogen and oxygen atoms in total. The number of fused-ring (bicyclic) bond motifs is 2. The molecular formula is C24H22N2O3. The average Bonchev–Trinajstić information content (AvgIpc) is 2.84. The molecule has 0 spiro atoms. The van der Waals surface area contributed by atoms with Crippen LogP contribution in [-0.4, -0.2) is 5.78 Å². The van der Waals surface area contributed by atoms with Crippen LogP contribution < -0.4 is 16.1 Å². The normalized spacial score (nSPS) is 20.3. The first-order valence-corrected chi connectivity index (χ1v) is 9.82. The first kappa shape index (κ1) is 17.7. The van der Waals surface area contributed by atoms with Gasteiger partial charge >= 0.3 is 0 Å². The third-order valence-electron chi connectivity index (χ3n) is 5.74. The van der Waals surface area contributed by atoms with Crippen molar-refractivity contribution in [3.05, 3.63) is 81.9 Å². The highest BCUT2D eigenvalue weighted by atomic mass is 16.3. The van der Waals surface area contributed by atoms with Gasteiger partial charge in [-0.25, -0.2) is 0 Å². The number of hydrogen-bond acceptors (Lipinski definition) is 5. The standard InChI is InChI=1S/C24H22N2O3/c1-24(2)11-18-21(19(27)12-24)22(26-17-9-5-4-8-16(17)25-18)15-13-29-20-10-6-3-7-14(20)23(15)28/h3-10,13,22,25-26H,11-12H2,1-2H3/t22-/m0/s1. The third-order valence-corrected chi connectivity index (χ3v) is 5.74. The van der Waals surface area contributed by atoms with Gasteiger partial charge < -0.3 is 15.1 Å². The Balaban J connectivity index is 1.75. The predicted octanol–water partition coefficient (Wildman–Crippen LogP) is 5.01.